The molecule has 0 fully saturated rings. The van der Waals surface area contributed by atoms with E-state index in [0.29, 0.717) is 12.2 Å². The predicted octanol–water partition coefficient (Wildman–Crippen LogP) is 0.952. The van der Waals surface area contributed by atoms with E-state index in [4.69, 9.17) is 27.2 Å². The van der Waals surface area contributed by atoms with Crippen LogP contribution in [0.2, 0.25) is 5.02 Å². The SMILES string of the molecule is NCCOCC(=O)Nc1ccc(Cl)c(C(=O)O)c1. The molecule has 7 heteroatoms. The summed E-state index contributed by atoms with van der Waals surface area (Å²) in [6.07, 6.45) is 0. The number of ether oxygens (including phenoxy) is 1. The van der Waals surface area contributed by atoms with Crippen LogP contribution in [0.3, 0.4) is 0 Å². The second-order valence-electron chi connectivity index (χ2n) is 3.39. The van der Waals surface area contributed by atoms with Crippen LogP contribution in [0, 0.1) is 0 Å². The molecule has 0 atom stereocenters. The number of nitrogens with two attached hydrogens (primary N) is 1. The minimum absolute atomic E-state index is 0.0719. The highest BCUT2D eigenvalue weighted by atomic mass is 35.5. The van der Waals surface area contributed by atoms with Gasteiger partial charge in [-0.1, -0.05) is 11.6 Å². The van der Waals surface area contributed by atoms with E-state index in [1.807, 2.05) is 0 Å². The molecule has 0 radical (unpaired) electrons. The van der Waals surface area contributed by atoms with Crippen molar-refractivity contribution in [2.45, 2.75) is 0 Å². The van der Waals surface area contributed by atoms with Gasteiger partial charge in [0.15, 0.2) is 0 Å². The Morgan fingerprint density at radius 1 is 1.44 bits per heavy atom. The van der Waals surface area contributed by atoms with Crippen molar-refractivity contribution in [3.8, 4) is 0 Å². The van der Waals surface area contributed by atoms with Crippen LogP contribution in [0.15, 0.2) is 18.2 Å². The maximum atomic E-state index is 11.4. The maximum Gasteiger partial charge on any atom is 0.337 e. The Morgan fingerprint density at radius 3 is 2.78 bits per heavy atom. The largest absolute Gasteiger partial charge is 0.478 e. The molecule has 18 heavy (non-hydrogen) atoms. The highest BCUT2D eigenvalue weighted by molar-refractivity contribution is 6.33. The van der Waals surface area contributed by atoms with Crippen molar-refractivity contribution < 1.29 is 19.4 Å². The lowest BCUT2D eigenvalue weighted by molar-refractivity contribution is -0.120. The van der Waals surface area contributed by atoms with E-state index in [1.165, 1.54) is 18.2 Å². The monoisotopic (exact) mass is 272 g/mol. The first-order chi connectivity index (χ1) is 8.54. The van der Waals surface area contributed by atoms with Gasteiger partial charge in [0.25, 0.3) is 0 Å². The summed E-state index contributed by atoms with van der Waals surface area (Å²) in [6, 6.07) is 4.20. The second-order valence-corrected chi connectivity index (χ2v) is 3.80. The number of benzene rings is 1. The zero-order valence-electron chi connectivity index (χ0n) is 9.48. The minimum Gasteiger partial charge on any atom is -0.478 e. The molecule has 0 saturated carbocycles. The zero-order valence-corrected chi connectivity index (χ0v) is 10.2. The second kappa shape index (κ2) is 6.95. The average Bonchev–Trinajstić information content (AvgIpc) is 2.31. The number of carbonyl (C=O) groups is 2. The Hall–Kier alpha value is -1.63. The molecule has 4 N–H and O–H groups in total. The Balaban J connectivity index is 2.65. The van der Waals surface area contributed by atoms with E-state index in [2.05, 4.69) is 5.32 Å². The molecule has 1 amide bonds. The van der Waals surface area contributed by atoms with Crippen LogP contribution in [0.25, 0.3) is 0 Å². The van der Waals surface area contributed by atoms with Gasteiger partial charge in [-0.3, -0.25) is 4.79 Å². The summed E-state index contributed by atoms with van der Waals surface area (Å²) in [7, 11) is 0. The molecule has 0 bridgehead atoms. The summed E-state index contributed by atoms with van der Waals surface area (Å²) < 4.78 is 4.94. The highest BCUT2D eigenvalue weighted by Gasteiger charge is 2.10. The normalized spacial score (nSPS) is 10.1. The molecule has 0 saturated heterocycles. The van der Waals surface area contributed by atoms with Gasteiger partial charge in [-0.2, -0.15) is 0 Å². The number of carboxylic acid groups (broad SMARTS) is 1. The molecular formula is C11H13ClN2O4. The van der Waals surface area contributed by atoms with Gasteiger partial charge in [-0.15, -0.1) is 0 Å². The molecule has 6 nitrogen and oxygen atoms in total. The molecule has 0 aromatic heterocycles. The average molecular weight is 273 g/mol. The first-order valence-corrected chi connectivity index (χ1v) is 5.53. The van der Waals surface area contributed by atoms with Gasteiger partial charge < -0.3 is 20.9 Å². The highest BCUT2D eigenvalue weighted by Crippen LogP contribution is 2.20. The third-order valence-corrected chi connectivity index (χ3v) is 2.31. The first-order valence-electron chi connectivity index (χ1n) is 5.15. The first kappa shape index (κ1) is 14.4. The summed E-state index contributed by atoms with van der Waals surface area (Å²) >= 11 is 5.70. The molecule has 0 heterocycles. The Kier molecular flexibility index (Phi) is 5.57. The molecule has 1 rings (SSSR count). The van der Waals surface area contributed by atoms with E-state index in [-0.39, 0.29) is 29.7 Å². The zero-order chi connectivity index (χ0) is 13.5. The summed E-state index contributed by atoms with van der Waals surface area (Å²) in [5.41, 5.74) is 5.47. The quantitative estimate of drug-likeness (QED) is 0.669. The van der Waals surface area contributed by atoms with Gasteiger partial charge in [0, 0.05) is 12.2 Å². The predicted molar refractivity (Wildman–Crippen MR) is 66.9 cm³/mol. The fraction of sp³-hybridized carbons (Fsp3) is 0.273. The molecule has 0 spiro atoms. The molecule has 0 aliphatic carbocycles. The molecule has 0 aliphatic rings. The number of nitrogens with one attached hydrogen (secondary N) is 1. The van der Waals surface area contributed by atoms with Crippen LogP contribution in [0.5, 0.6) is 0 Å². The van der Waals surface area contributed by atoms with Crippen LogP contribution in [-0.4, -0.2) is 36.7 Å². The number of rotatable bonds is 6. The lowest BCUT2D eigenvalue weighted by atomic mass is 10.2. The van der Waals surface area contributed by atoms with Crippen LogP contribution < -0.4 is 11.1 Å². The lowest BCUT2D eigenvalue weighted by Crippen LogP contribution is -2.20. The van der Waals surface area contributed by atoms with Gasteiger partial charge in [0.2, 0.25) is 5.91 Å². The third-order valence-electron chi connectivity index (χ3n) is 1.98. The fourth-order valence-electron chi connectivity index (χ4n) is 1.21. The van der Waals surface area contributed by atoms with Crippen LogP contribution in [0.4, 0.5) is 5.69 Å². The van der Waals surface area contributed by atoms with E-state index in [0.717, 1.165) is 0 Å². The Labute approximate surface area is 109 Å². The summed E-state index contributed by atoms with van der Waals surface area (Å²) in [5, 5.41) is 11.5. The number of hydrogen-bond acceptors (Lipinski definition) is 4. The standard InChI is InChI=1S/C11H13ClN2O4/c12-9-2-1-7(5-8(9)11(16)17)14-10(15)6-18-4-3-13/h1-2,5H,3-4,6,13H2,(H,14,15)(H,16,17). The summed E-state index contributed by atoms with van der Waals surface area (Å²) in [6.45, 7) is 0.480. The molecule has 0 unspecified atom stereocenters. The number of amides is 1. The van der Waals surface area contributed by atoms with E-state index in [1.54, 1.807) is 0 Å². The molecule has 1 aromatic carbocycles. The van der Waals surface area contributed by atoms with Crippen molar-refractivity contribution in [1.29, 1.82) is 0 Å². The van der Waals surface area contributed by atoms with Crippen LogP contribution in [0.1, 0.15) is 10.4 Å². The van der Waals surface area contributed by atoms with Crippen molar-refractivity contribution in [3.63, 3.8) is 0 Å². The van der Waals surface area contributed by atoms with Crippen molar-refractivity contribution >= 4 is 29.2 Å². The topological polar surface area (TPSA) is 102 Å². The molecule has 1 aromatic rings. The fourth-order valence-corrected chi connectivity index (χ4v) is 1.41. The van der Waals surface area contributed by atoms with Crippen LogP contribution >= 0.6 is 11.6 Å². The maximum absolute atomic E-state index is 11.4. The summed E-state index contributed by atoms with van der Waals surface area (Å²) in [4.78, 5) is 22.2. The van der Waals surface area contributed by atoms with Crippen molar-refractivity contribution in [2.75, 3.05) is 25.1 Å². The third kappa shape index (κ3) is 4.33. The van der Waals surface area contributed by atoms with E-state index < -0.39 is 5.97 Å². The van der Waals surface area contributed by atoms with Crippen LogP contribution in [-0.2, 0) is 9.53 Å². The Bertz CT molecular complexity index is 451. The van der Waals surface area contributed by atoms with E-state index in [9.17, 15) is 9.59 Å². The van der Waals surface area contributed by atoms with Gasteiger partial charge in [-0.25, -0.2) is 4.79 Å². The molecule has 0 aliphatic heterocycles. The van der Waals surface area contributed by atoms with Gasteiger partial charge in [-0.05, 0) is 18.2 Å². The number of carboxylic acids is 1. The number of carbonyl (C=O) groups excluding carboxylic acids is 1. The van der Waals surface area contributed by atoms with Gasteiger partial charge >= 0.3 is 5.97 Å². The van der Waals surface area contributed by atoms with E-state index >= 15 is 0 Å². The lowest BCUT2D eigenvalue weighted by Gasteiger charge is -2.07. The Morgan fingerprint density at radius 2 is 2.17 bits per heavy atom. The van der Waals surface area contributed by atoms with Gasteiger partial charge in [0.05, 0.1) is 17.2 Å². The number of aromatic carboxylic acids is 1. The van der Waals surface area contributed by atoms with Gasteiger partial charge in [0.1, 0.15) is 6.61 Å². The minimum atomic E-state index is -1.16. The summed E-state index contributed by atoms with van der Waals surface area (Å²) in [5.74, 6) is -1.54. The van der Waals surface area contributed by atoms with Crippen molar-refractivity contribution in [3.05, 3.63) is 28.8 Å². The number of anilines is 1. The smallest absolute Gasteiger partial charge is 0.337 e. The van der Waals surface area contributed by atoms with Crippen molar-refractivity contribution in [1.82, 2.24) is 0 Å². The number of halogens is 1. The van der Waals surface area contributed by atoms with Crippen molar-refractivity contribution in [2.24, 2.45) is 5.73 Å². The molecular weight excluding hydrogens is 260 g/mol. The molecule has 98 valence electrons. The number of hydrogen-bond donors (Lipinski definition) is 3.